The second-order valence-corrected chi connectivity index (χ2v) is 10.2. The van der Waals surface area contributed by atoms with Gasteiger partial charge in [0.2, 0.25) is 0 Å². The Morgan fingerprint density at radius 1 is 1.14 bits per heavy atom. The van der Waals surface area contributed by atoms with Crippen LogP contribution in [0.3, 0.4) is 0 Å². The molecule has 1 aliphatic carbocycles. The van der Waals surface area contributed by atoms with Crippen LogP contribution in [0.25, 0.3) is 11.2 Å². The van der Waals surface area contributed by atoms with Crippen LogP contribution < -0.4 is 15.5 Å². The number of nitriles is 1. The van der Waals surface area contributed by atoms with E-state index in [1.165, 1.54) is 11.1 Å². The van der Waals surface area contributed by atoms with E-state index in [9.17, 15) is 5.26 Å². The highest BCUT2D eigenvalue weighted by molar-refractivity contribution is 5.87. The minimum atomic E-state index is 0.00744. The van der Waals surface area contributed by atoms with Crippen molar-refractivity contribution in [3.63, 3.8) is 0 Å². The highest BCUT2D eigenvalue weighted by Crippen LogP contribution is 2.51. The number of piperidine rings is 1. The molecule has 0 radical (unpaired) electrons. The van der Waals surface area contributed by atoms with Crippen LogP contribution in [0.4, 0.5) is 17.3 Å². The Bertz CT molecular complexity index is 1510. The molecule has 7 rings (SSSR count). The number of benzene rings is 1. The molecular formula is C27H27N9. The number of nitrogens with zero attached hydrogens (tertiary/aromatic N) is 7. The maximum Gasteiger partial charge on any atom is 0.183 e. The van der Waals surface area contributed by atoms with Gasteiger partial charge in [-0.3, -0.25) is 10.1 Å². The standard InChI is InChI=1S/C27H27N9/c28-15-17-5-6-19-18(13-17)14-27(24(19)29)7-11-35(12-8-27)22-16-31-23-25(32-22)33-34-26(23)36-10-2-3-20-21(36)4-1-9-30-20/h1,4-6,9,13,16,24H,2-3,7-8,10-12,14,29H2,(H,32,33,34)/t24-/m1/s1. The summed E-state index contributed by atoms with van der Waals surface area (Å²) in [6.07, 6.45) is 8.63. The lowest BCUT2D eigenvalue weighted by Gasteiger charge is -2.42. The topological polar surface area (TPSA) is 124 Å². The Balaban J connectivity index is 1.12. The van der Waals surface area contributed by atoms with Gasteiger partial charge in [0.1, 0.15) is 5.82 Å². The monoisotopic (exact) mass is 477 g/mol. The third kappa shape index (κ3) is 3.18. The van der Waals surface area contributed by atoms with E-state index >= 15 is 0 Å². The molecular weight excluding hydrogens is 450 g/mol. The molecule has 9 heteroatoms. The third-order valence-electron chi connectivity index (χ3n) is 8.34. The molecule has 3 aromatic heterocycles. The van der Waals surface area contributed by atoms with E-state index in [1.807, 2.05) is 36.7 Å². The summed E-state index contributed by atoms with van der Waals surface area (Å²) in [5.41, 5.74) is 13.6. The number of fused-ring (bicyclic) bond motifs is 3. The van der Waals surface area contributed by atoms with Gasteiger partial charge in [0.05, 0.1) is 29.2 Å². The zero-order valence-corrected chi connectivity index (χ0v) is 20.0. The second-order valence-electron chi connectivity index (χ2n) is 10.2. The summed E-state index contributed by atoms with van der Waals surface area (Å²) < 4.78 is 0. The molecule has 3 aliphatic rings. The van der Waals surface area contributed by atoms with Crippen LogP contribution in [0, 0.1) is 16.7 Å². The predicted molar refractivity (Wildman–Crippen MR) is 137 cm³/mol. The molecule has 2 aliphatic heterocycles. The Kier molecular flexibility index (Phi) is 4.73. The summed E-state index contributed by atoms with van der Waals surface area (Å²) in [4.78, 5) is 18.7. The van der Waals surface area contributed by atoms with Crippen molar-refractivity contribution in [2.75, 3.05) is 29.4 Å². The number of aromatic nitrogens is 5. The molecule has 1 spiro atoms. The van der Waals surface area contributed by atoms with Crippen molar-refractivity contribution in [3.8, 4) is 6.07 Å². The van der Waals surface area contributed by atoms with Gasteiger partial charge in [-0.25, -0.2) is 9.97 Å². The van der Waals surface area contributed by atoms with Gasteiger partial charge >= 0.3 is 0 Å². The van der Waals surface area contributed by atoms with Crippen molar-refractivity contribution < 1.29 is 0 Å². The van der Waals surface area contributed by atoms with Gasteiger partial charge in [0.25, 0.3) is 0 Å². The first-order chi connectivity index (χ1) is 17.6. The quantitative estimate of drug-likeness (QED) is 0.449. The van der Waals surface area contributed by atoms with Gasteiger partial charge in [-0.15, -0.1) is 0 Å². The van der Waals surface area contributed by atoms with Gasteiger partial charge in [0, 0.05) is 31.9 Å². The first-order valence-corrected chi connectivity index (χ1v) is 12.6. The fourth-order valence-electron chi connectivity index (χ4n) is 6.35. The van der Waals surface area contributed by atoms with Crippen molar-refractivity contribution in [1.82, 2.24) is 25.1 Å². The Hall–Kier alpha value is -4.03. The minimum Gasteiger partial charge on any atom is -0.355 e. The molecule has 5 heterocycles. The molecule has 36 heavy (non-hydrogen) atoms. The normalized spacial score (nSPS) is 20.4. The molecule has 0 bridgehead atoms. The molecule has 0 unspecified atom stereocenters. The number of anilines is 3. The van der Waals surface area contributed by atoms with Gasteiger partial charge in [-0.05, 0) is 72.9 Å². The number of nitrogens with one attached hydrogen (secondary N) is 1. The second kappa shape index (κ2) is 8.00. The van der Waals surface area contributed by atoms with Crippen LogP contribution >= 0.6 is 0 Å². The first-order valence-electron chi connectivity index (χ1n) is 12.6. The third-order valence-corrected chi connectivity index (χ3v) is 8.34. The lowest BCUT2D eigenvalue weighted by Crippen LogP contribution is -2.44. The van der Waals surface area contributed by atoms with Crippen molar-refractivity contribution in [2.24, 2.45) is 11.1 Å². The summed E-state index contributed by atoms with van der Waals surface area (Å²) in [6, 6.07) is 12.3. The van der Waals surface area contributed by atoms with Crippen LogP contribution in [0.5, 0.6) is 0 Å². The van der Waals surface area contributed by atoms with E-state index in [-0.39, 0.29) is 11.5 Å². The summed E-state index contributed by atoms with van der Waals surface area (Å²) in [5, 5.41) is 17.0. The SMILES string of the molecule is N#Cc1ccc2c(c1)CC1(CCN(c3cnc4c(N5CCCc6ncccc65)n[nH]c4n3)CC1)[C@@H]2N. The smallest absolute Gasteiger partial charge is 0.183 e. The fraction of sp³-hybridized carbons (Fsp3) is 0.370. The van der Waals surface area contributed by atoms with Crippen LogP contribution in [-0.4, -0.2) is 44.8 Å². The summed E-state index contributed by atoms with van der Waals surface area (Å²) in [7, 11) is 0. The van der Waals surface area contributed by atoms with Crippen molar-refractivity contribution in [1.29, 1.82) is 5.26 Å². The number of hydrogen-bond donors (Lipinski definition) is 2. The zero-order valence-electron chi connectivity index (χ0n) is 20.0. The number of rotatable bonds is 2. The van der Waals surface area contributed by atoms with Crippen molar-refractivity contribution in [2.45, 2.75) is 38.1 Å². The number of nitrogens with two attached hydrogens (primary N) is 1. The molecule has 1 saturated heterocycles. The highest BCUT2D eigenvalue weighted by Gasteiger charge is 2.46. The zero-order chi connectivity index (χ0) is 24.3. The van der Waals surface area contributed by atoms with E-state index in [4.69, 9.17) is 15.7 Å². The van der Waals surface area contributed by atoms with Crippen LogP contribution in [-0.2, 0) is 12.8 Å². The van der Waals surface area contributed by atoms with Gasteiger partial charge in [-0.1, -0.05) is 6.07 Å². The van der Waals surface area contributed by atoms with Crippen LogP contribution in [0.2, 0.25) is 0 Å². The fourth-order valence-corrected chi connectivity index (χ4v) is 6.35. The maximum absolute atomic E-state index is 9.28. The predicted octanol–water partition coefficient (Wildman–Crippen LogP) is 3.55. The first kappa shape index (κ1) is 21.3. The molecule has 180 valence electrons. The summed E-state index contributed by atoms with van der Waals surface area (Å²) in [6.45, 7) is 2.63. The van der Waals surface area contributed by atoms with Crippen LogP contribution in [0.15, 0.2) is 42.7 Å². The number of hydrogen-bond acceptors (Lipinski definition) is 8. The largest absolute Gasteiger partial charge is 0.355 e. The number of pyridine rings is 1. The minimum absolute atomic E-state index is 0.00744. The van der Waals surface area contributed by atoms with Crippen molar-refractivity contribution in [3.05, 3.63) is 65.1 Å². The number of aryl methyl sites for hydroxylation is 1. The maximum atomic E-state index is 9.28. The van der Waals surface area contributed by atoms with E-state index in [0.29, 0.717) is 11.2 Å². The Labute approximate surface area is 209 Å². The number of H-pyrrole nitrogens is 1. The lowest BCUT2D eigenvalue weighted by molar-refractivity contribution is 0.187. The van der Waals surface area contributed by atoms with E-state index in [2.05, 4.69) is 37.1 Å². The van der Waals surface area contributed by atoms with Gasteiger partial charge in [0.15, 0.2) is 17.0 Å². The summed E-state index contributed by atoms with van der Waals surface area (Å²) >= 11 is 0. The van der Waals surface area contributed by atoms with Gasteiger partial charge in [-0.2, -0.15) is 10.4 Å². The molecule has 0 saturated carbocycles. The van der Waals surface area contributed by atoms with E-state index in [0.717, 1.165) is 80.3 Å². The van der Waals surface area contributed by atoms with E-state index in [1.54, 1.807) is 0 Å². The highest BCUT2D eigenvalue weighted by atomic mass is 15.3. The van der Waals surface area contributed by atoms with Crippen LogP contribution in [0.1, 0.15) is 47.7 Å². The number of aromatic amines is 1. The van der Waals surface area contributed by atoms with E-state index < -0.39 is 0 Å². The Morgan fingerprint density at radius 2 is 2.03 bits per heavy atom. The van der Waals surface area contributed by atoms with Gasteiger partial charge < -0.3 is 15.5 Å². The molecule has 1 fully saturated rings. The average molecular weight is 478 g/mol. The summed E-state index contributed by atoms with van der Waals surface area (Å²) in [5.74, 6) is 1.67. The van der Waals surface area contributed by atoms with Crippen molar-refractivity contribution >= 4 is 28.5 Å². The molecule has 3 N–H and O–H groups in total. The molecule has 1 aromatic carbocycles. The molecule has 4 aromatic rings. The lowest BCUT2D eigenvalue weighted by atomic mass is 9.73. The molecule has 1 atom stereocenters. The Morgan fingerprint density at radius 3 is 2.89 bits per heavy atom. The molecule has 0 amide bonds. The average Bonchev–Trinajstić information content (AvgIpc) is 3.46. The molecule has 9 nitrogen and oxygen atoms in total.